The van der Waals surface area contributed by atoms with Gasteiger partial charge < -0.3 is 15.2 Å². The first-order valence-electron chi connectivity index (χ1n) is 7.54. The molecule has 3 rings (SSSR count). The number of nitrogens with zero attached hydrogens (tertiary/aromatic N) is 2. The summed E-state index contributed by atoms with van der Waals surface area (Å²) in [6.07, 6.45) is 1.69. The van der Waals surface area contributed by atoms with Crippen molar-refractivity contribution in [3.63, 3.8) is 0 Å². The Balaban J connectivity index is 1.81. The highest BCUT2D eigenvalue weighted by atomic mass is 32.2. The molecule has 1 heterocycles. The van der Waals surface area contributed by atoms with Crippen LogP contribution in [-0.2, 0) is 10.8 Å². The smallest absolute Gasteiger partial charge is 0.292 e. The van der Waals surface area contributed by atoms with E-state index in [4.69, 9.17) is 4.74 Å². The largest absolute Gasteiger partial charge is 0.504 e. The molecule has 1 aliphatic rings. The van der Waals surface area contributed by atoms with E-state index in [9.17, 15) is 19.4 Å². The summed E-state index contributed by atoms with van der Waals surface area (Å²) in [4.78, 5) is 15.3. The van der Waals surface area contributed by atoms with Crippen molar-refractivity contribution >= 4 is 33.4 Å². The van der Waals surface area contributed by atoms with E-state index < -0.39 is 15.7 Å². The Labute approximate surface area is 151 Å². The lowest BCUT2D eigenvalue weighted by atomic mass is 10.2. The number of rotatable bonds is 4. The molecule has 0 aromatic heterocycles. The summed E-state index contributed by atoms with van der Waals surface area (Å²) < 4.78 is 17.7. The lowest BCUT2D eigenvalue weighted by Gasteiger charge is -2.06. The number of hydrogen-bond acceptors (Lipinski definition) is 7. The van der Waals surface area contributed by atoms with Crippen LogP contribution in [0.4, 0.5) is 11.4 Å². The molecule has 0 fully saturated rings. The van der Waals surface area contributed by atoms with Crippen LogP contribution >= 0.6 is 0 Å². The molecule has 1 atom stereocenters. The lowest BCUT2D eigenvalue weighted by Crippen LogP contribution is -2.15. The van der Waals surface area contributed by atoms with Crippen LogP contribution in [0, 0.1) is 10.1 Å². The highest BCUT2D eigenvalue weighted by molar-refractivity contribution is 8.04. The van der Waals surface area contributed by atoms with Crippen LogP contribution in [0.5, 0.6) is 11.5 Å². The molecule has 9 heteroatoms. The van der Waals surface area contributed by atoms with Gasteiger partial charge in [0.25, 0.3) is 5.69 Å². The van der Waals surface area contributed by atoms with Gasteiger partial charge in [0.05, 0.1) is 18.6 Å². The van der Waals surface area contributed by atoms with Crippen molar-refractivity contribution in [2.75, 3.05) is 19.0 Å². The molecule has 134 valence electrons. The van der Waals surface area contributed by atoms with E-state index in [0.717, 1.165) is 0 Å². The van der Waals surface area contributed by atoms with E-state index in [1.807, 2.05) is 0 Å². The van der Waals surface area contributed by atoms with Gasteiger partial charge in [-0.25, -0.2) is 4.21 Å². The third kappa shape index (κ3) is 3.57. The maximum Gasteiger partial charge on any atom is 0.292 e. The van der Waals surface area contributed by atoms with Crippen molar-refractivity contribution in [2.45, 2.75) is 0 Å². The topological polar surface area (TPSA) is 114 Å². The van der Waals surface area contributed by atoms with Gasteiger partial charge in [0.15, 0.2) is 16.7 Å². The van der Waals surface area contributed by atoms with Crippen molar-refractivity contribution in [1.82, 2.24) is 0 Å². The lowest BCUT2D eigenvalue weighted by molar-refractivity contribution is -0.383. The van der Waals surface area contributed by atoms with Gasteiger partial charge in [-0.05, 0) is 29.8 Å². The number of hydrogen-bond donors (Lipinski definition) is 2. The number of benzene rings is 2. The summed E-state index contributed by atoms with van der Waals surface area (Å²) in [6.45, 7) is 0.207. The van der Waals surface area contributed by atoms with E-state index in [-0.39, 0.29) is 28.8 Å². The Kier molecular flexibility index (Phi) is 4.99. The highest BCUT2D eigenvalue weighted by Gasteiger charge is 2.24. The molecule has 2 aromatic rings. The number of phenols is 1. The Bertz CT molecular complexity index is 955. The summed E-state index contributed by atoms with van der Waals surface area (Å²) in [5.74, 6) is 0.319. The normalized spacial score (nSPS) is 17.8. The molecule has 0 radical (unpaired) electrons. The number of ether oxygens (including phenoxy) is 1. The molecule has 0 saturated heterocycles. The van der Waals surface area contributed by atoms with E-state index in [1.165, 1.54) is 25.3 Å². The Morgan fingerprint density at radius 3 is 2.85 bits per heavy atom. The molecule has 26 heavy (non-hydrogen) atoms. The van der Waals surface area contributed by atoms with Crippen LogP contribution in [0.2, 0.25) is 0 Å². The molecular formula is C17H15N3O5S. The van der Waals surface area contributed by atoms with E-state index in [0.29, 0.717) is 16.2 Å². The maximum absolute atomic E-state index is 12.6. The van der Waals surface area contributed by atoms with Crippen molar-refractivity contribution in [2.24, 2.45) is 4.99 Å². The number of aliphatic imine (C=N–C) groups is 1. The van der Waals surface area contributed by atoms with Gasteiger partial charge >= 0.3 is 0 Å². The number of methoxy groups -OCH3 is 1. The molecule has 2 N–H and O–H groups in total. The average Bonchev–Trinajstić information content (AvgIpc) is 2.97. The summed E-state index contributed by atoms with van der Waals surface area (Å²) in [5, 5.41) is 23.7. The molecule has 0 spiro atoms. The fourth-order valence-electron chi connectivity index (χ4n) is 2.40. The van der Waals surface area contributed by atoms with Gasteiger partial charge in [-0.2, -0.15) is 0 Å². The van der Waals surface area contributed by atoms with E-state index in [2.05, 4.69) is 10.3 Å². The number of phenolic OH excluding ortho intramolecular Hbond substituents is 1. The summed E-state index contributed by atoms with van der Waals surface area (Å²) in [6, 6.07) is 10.9. The Morgan fingerprint density at radius 2 is 2.12 bits per heavy atom. The predicted molar refractivity (Wildman–Crippen MR) is 99.8 cm³/mol. The molecule has 2 aromatic carbocycles. The zero-order valence-corrected chi connectivity index (χ0v) is 14.5. The van der Waals surface area contributed by atoms with Crippen molar-refractivity contribution in [1.29, 1.82) is 0 Å². The SMILES string of the molecule is COc1cc(/C=C2\CN=C(Nc3ccccc3[N+](=O)[O-])S2=O)ccc1O. The van der Waals surface area contributed by atoms with Crippen LogP contribution in [0.25, 0.3) is 6.08 Å². The van der Waals surface area contributed by atoms with Crippen molar-refractivity contribution in [3.8, 4) is 11.5 Å². The van der Waals surface area contributed by atoms with E-state index >= 15 is 0 Å². The quantitative estimate of drug-likeness (QED) is 0.629. The third-order valence-corrected chi connectivity index (χ3v) is 4.97. The minimum absolute atomic E-state index is 0.0113. The van der Waals surface area contributed by atoms with Crippen LogP contribution in [-0.4, -0.2) is 33.1 Å². The number of nitrogens with one attached hydrogen (secondary N) is 1. The van der Waals surface area contributed by atoms with Crippen LogP contribution in [0.3, 0.4) is 0 Å². The summed E-state index contributed by atoms with van der Waals surface area (Å²) in [5.41, 5.74) is 0.815. The van der Waals surface area contributed by atoms with Crippen LogP contribution < -0.4 is 10.1 Å². The Morgan fingerprint density at radius 1 is 1.35 bits per heavy atom. The molecule has 0 aliphatic carbocycles. The average molecular weight is 373 g/mol. The zero-order valence-electron chi connectivity index (χ0n) is 13.7. The summed E-state index contributed by atoms with van der Waals surface area (Å²) in [7, 11) is -0.119. The first kappa shape index (κ1) is 17.6. The van der Waals surface area contributed by atoms with Gasteiger partial charge in [-0.1, -0.05) is 18.2 Å². The molecular weight excluding hydrogens is 358 g/mol. The maximum atomic E-state index is 12.6. The van der Waals surface area contributed by atoms with Gasteiger partial charge in [-0.15, -0.1) is 0 Å². The highest BCUT2D eigenvalue weighted by Crippen LogP contribution is 2.29. The molecule has 1 unspecified atom stereocenters. The second-order valence-corrected chi connectivity index (χ2v) is 6.78. The summed E-state index contributed by atoms with van der Waals surface area (Å²) >= 11 is 0. The fourth-order valence-corrected chi connectivity index (χ4v) is 3.46. The molecule has 0 bridgehead atoms. The van der Waals surface area contributed by atoms with Gasteiger partial charge in [0, 0.05) is 11.0 Å². The molecule has 0 saturated carbocycles. The van der Waals surface area contributed by atoms with Crippen molar-refractivity contribution in [3.05, 3.63) is 63.0 Å². The molecule has 8 nitrogen and oxygen atoms in total. The van der Waals surface area contributed by atoms with Crippen LogP contribution in [0.15, 0.2) is 52.4 Å². The third-order valence-electron chi connectivity index (χ3n) is 3.67. The van der Waals surface area contributed by atoms with E-state index in [1.54, 1.807) is 30.3 Å². The minimum atomic E-state index is -1.56. The number of amidine groups is 1. The van der Waals surface area contributed by atoms with Crippen molar-refractivity contribution < 1.29 is 19.0 Å². The minimum Gasteiger partial charge on any atom is -0.504 e. The van der Waals surface area contributed by atoms with Gasteiger partial charge in [0.1, 0.15) is 16.5 Å². The molecule has 0 amide bonds. The van der Waals surface area contributed by atoms with Crippen LogP contribution in [0.1, 0.15) is 5.56 Å². The number of anilines is 1. The second-order valence-electron chi connectivity index (χ2n) is 5.33. The van der Waals surface area contributed by atoms with Gasteiger partial charge in [0.2, 0.25) is 0 Å². The number of nitro benzene ring substituents is 1. The second kappa shape index (κ2) is 7.36. The standard InChI is InChI=1S/C17H15N3O5S/c1-25-16-9-11(6-7-15(16)21)8-12-10-18-17(26(12)24)19-13-4-2-3-5-14(13)20(22)23/h2-9,21H,10H2,1H3,(H,18,19)/b12-8+. The Hall–Kier alpha value is -3.20. The first-order chi connectivity index (χ1) is 12.5. The van der Waals surface area contributed by atoms with Gasteiger partial charge in [-0.3, -0.25) is 15.1 Å². The first-order valence-corrected chi connectivity index (χ1v) is 8.69. The number of aromatic hydroxyl groups is 1. The fraction of sp³-hybridized carbons (Fsp3) is 0.118. The monoisotopic (exact) mass is 373 g/mol. The number of para-hydroxylation sites is 2. The zero-order chi connectivity index (χ0) is 18.7. The number of nitro groups is 1. The molecule has 1 aliphatic heterocycles. The predicted octanol–water partition coefficient (Wildman–Crippen LogP) is 2.88.